The summed E-state index contributed by atoms with van der Waals surface area (Å²) in [4.78, 5) is 23.9. The van der Waals surface area contributed by atoms with Gasteiger partial charge >= 0.3 is 6.09 Å². The number of β-amino-alcohol motifs (C(OH)–C–C–N with tert-alkyl or cyclic N) is 1. The molecule has 0 aromatic carbocycles. The fourth-order valence-corrected chi connectivity index (χ4v) is 1.31. The van der Waals surface area contributed by atoms with Crippen LogP contribution in [-0.4, -0.2) is 46.7 Å². The maximum absolute atomic E-state index is 11.5. The molecular weight excluding hydrogens is 198 g/mol. The van der Waals surface area contributed by atoms with Crippen molar-refractivity contribution >= 4 is 11.9 Å². The van der Waals surface area contributed by atoms with Gasteiger partial charge < -0.3 is 14.7 Å². The quantitative estimate of drug-likeness (QED) is 0.641. The molecule has 1 heterocycles. The molecule has 0 unspecified atom stereocenters. The number of aliphatic hydroxyl groups excluding tert-OH is 1. The summed E-state index contributed by atoms with van der Waals surface area (Å²) in [7, 11) is 0. The summed E-state index contributed by atoms with van der Waals surface area (Å²) in [6, 6.07) is 0. The van der Waals surface area contributed by atoms with Gasteiger partial charge in [0.2, 0.25) is 0 Å². The molecule has 1 amide bonds. The van der Waals surface area contributed by atoms with Crippen molar-refractivity contribution in [3.63, 3.8) is 0 Å². The first kappa shape index (κ1) is 12.0. The molecule has 5 nitrogen and oxygen atoms in total. The lowest BCUT2D eigenvalue weighted by molar-refractivity contribution is -0.131. The van der Waals surface area contributed by atoms with Gasteiger partial charge in [-0.25, -0.2) is 4.79 Å². The minimum atomic E-state index is -1.06. The second-order valence-electron chi connectivity index (χ2n) is 4.66. The van der Waals surface area contributed by atoms with Crippen molar-refractivity contribution in [1.82, 2.24) is 4.90 Å². The Morgan fingerprint density at radius 1 is 1.53 bits per heavy atom. The highest BCUT2D eigenvalue weighted by Crippen LogP contribution is 2.13. The first-order valence-electron chi connectivity index (χ1n) is 4.98. The fraction of sp³-hybridized carbons (Fsp3) is 0.800. The highest BCUT2D eigenvalue weighted by atomic mass is 16.6. The number of hydrogen-bond acceptors (Lipinski definition) is 4. The number of rotatable bonds is 0. The molecule has 0 aromatic heterocycles. The van der Waals surface area contributed by atoms with Gasteiger partial charge in [0.15, 0.2) is 5.78 Å². The second-order valence-corrected chi connectivity index (χ2v) is 4.66. The van der Waals surface area contributed by atoms with Gasteiger partial charge in [0, 0.05) is 13.0 Å². The van der Waals surface area contributed by atoms with Crippen LogP contribution in [0.4, 0.5) is 4.79 Å². The predicted octanol–water partition coefficient (Wildman–Crippen LogP) is 0.557. The lowest BCUT2D eigenvalue weighted by Gasteiger charge is -2.31. The second kappa shape index (κ2) is 4.18. The molecule has 1 aliphatic rings. The van der Waals surface area contributed by atoms with Crippen molar-refractivity contribution in [2.75, 3.05) is 13.1 Å². The van der Waals surface area contributed by atoms with Crippen molar-refractivity contribution < 1.29 is 19.4 Å². The Morgan fingerprint density at radius 2 is 2.13 bits per heavy atom. The van der Waals surface area contributed by atoms with Gasteiger partial charge in [0.1, 0.15) is 11.7 Å². The van der Waals surface area contributed by atoms with Gasteiger partial charge in [-0.05, 0) is 20.8 Å². The van der Waals surface area contributed by atoms with Gasteiger partial charge in [-0.15, -0.1) is 0 Å². The number of carbonyl (C=O) groups excluding carboxylic acids is 2. The highest BCUT2D eigenvalue weighted by Gasteiger charge is 2.30. The van der Waals surface area contributed by atoms with Crippen LogP contribution in [0.25, 0.3) is 0 Å². The summed E-state index contributed by atoms with van der Waals surface area (Å²) >= 11 is 0. The molecule has 0 aliphatic carbocycles. The van der Waals surface area contributed by atoms with E-state index in [1.807, 2.05) is 0 Å². The van der Waals surface area contributed by atoms with E-state index in [0.717, 1.165) is 0 Å². The van der Waals surface area contributed by atoms with Crippen molar-refractivity contribution in [3.05, 3.63) is 0 Å². The van der Waals surface area contributed by atoms with E-state index in [0.29, 0.717) is 6.54 Å². The van der Waals surface area contributed by atoms with E-state index in [-0.39, 0.29) is 18.7 Å². The molecule has 86 valence electrons. The van der Waals surface area contributed by atoms with Crippen LogP contribution in [0.3, 0.4) is 0 Å². The lowest BCUT2D eigenvalue weighted by atomic mass is 10.1. The van der Waals surface area contributed by atoms with Gasteiger partial charge in [0.05, 0.1) is 6.54 Å². The van der Waals surface area contributed by atoms with Crippen LogP contribution in [0.2, 0.25) is 0 Å². The van der Waals surface area contributed by atoms with E-state index in [1.54, 1.807) is 20.8 Å². The van der Waals surface area contributed by atoms with E-state index < -0.39 is 17.8 Å². The largest absolute Gasteiger partial charge is 0.444 e. The summed E-state index contributed by atoms with van der Waals surface area (Å²) in [5.74, 6) is -0.213. The van der Waals surface area contributed by atoms with Crippen molar-refractivity contribution in [1.29, 1.82) is 0 Å². The monoisotopic (exact) mass is 215 g/mol. The Kier molecular flexibility index (Phi) is 3.34. The molecule has 0 radical (unpaired) electrons. The Bertz CT molecular complexity index is 269. The zero-order chi connectivity index (χ0) is 11.6. The summed E-state index contributed by atoms with van der Waals surface area (Å²) < 4.78 is 5.13. The molecule has 1 rings (SSSR count). The minimum absolute atomic E-state index is 0.0355. The van der Waals surface area contributed by atoms with Crippen LogP contribution >= 0.6 is 0 Å². The third-order valence-corrected chi connectivity index (χ3v) is 2.04. The van der Waals surface area contributed by atoms with Crippen molar-refractivity contribution in [2.24, 2.45) is 0 Å². The SMILES string of the molecule is CC(C)(C)OC(=O)N1CCC(=O)[C@@H](O)C1. The molecule has 1 aliphatic heterocycles. The molecule has 1 atom stereocenters. The summed E-state index contributed by atoms with van der Waals surface area (Å²) in [5.41, 5.74) is -0.552. The molecule has 1 saturated heterocycles. The molecule has 0 bridgehead atoms. The molecule has 1 fully saturated rings. The number of carbonyl (C=O) groups is 2. The van der Waals surface area contributed by atoms with Crippen LogP contribution in [-0.2, 0) is 9.53 Å². The highest BCUT2D eigenvalue weighted by molar-refractivity contribution is 5.85. The van der Waals surface area contributed by atoms with Crippen LogP contribution in [0.1, 0.15) is 27.2 Å². The smallest absolute Gasteiger partial charge is 0.410 e. The summed E-state index contributed by atoms with van der Waals surface area (Å²) in [5, 5.41) is 9.30. The molecule has 1 N–H and O–H groups in total. The third kappa shape index (κ3) is 3.51. The average molecular weight is 215 g/mol. The number of Topliss-reactive ketones (excluding diaryl/α,β-unsaturated/α-hetero) is 1. The van der Waals surface area contributed by atoms with Crippen molar-refractivity contribution in [3.8, 4) is 0 Å². The maximum atomic E-state index is 11.5. The van der Waals surface area contributed by atoms with E-state index in [9.17, 15) is 14.7 Å². The Hall–Kier alpha value is -1.10. The molecule has 5 heteroatoms. The number of aliphatic hydroxyl groups is 1. The topological polar surface area (TPSA) is 66.8 Å². The molecular formula is C10H17NO4. The minimum Gasteiger partial charge on any atom is -0.444 e. The van der Waals surface area contributed by atoms with Gasteiger partial charge in [-0.1, -0.05) is 0 Å². The molecule has 0 spiro atoms. The predicted molar refractivity (Wildman–Crippen MR) is 53.4 cm³/mol. The zero-order valence-electron chi connectivity index (χ0n) is 9.32. The van der Waals surface area contributed by atoms with Gasteiger partial charge in [-0.2, -0.15) is 0 Å². The number of ketones is 1. The number of amides is 1. The summed E-state index contributed by atoms with van der Waals surface area (Å²) in [6.07, 6.45) is -1.35. The first-order chi connectivity index (χ1) is 6.79. The molecule has 0 aromatic rings. The summed E-state index contributed by atoms with van der Waals surface area (Å²) in [6.45, 7) is 5.68. The Labute approximate surface area is 89.0 Å². The average Bonchev–Trinajstić information content (AvgIpc) is 2.06. The molecule has 0 saturated carbocycles. The van der Waals surface area contributed by atoms with Crippen LogP contribution in [0, 0.1) is 0 Å². The van der Waals surface area contributed by atoms with E-state index >= 15 is 0 Å². The van der Waals surface area contributed by atoms with Gasteiger partial charge in [-0.3, -0.25) is 4.79 Å². The maximum Gasteiger partial charge on any atom is 0.410 e. The first-order valence-corrected chi connectivity index (χ1v) is 4.98. The molecule has 15 heavy (non-hydrogen) atoms. The number of ether oxygens (including phenoxy) is 1. The number of piperidine rings is 1. The number of nitrogens with zero attached hydrogens (tertiary/aromatic N) is 1. The number of likely N-dealkylation sites (tertiary alicyclic amines) is 1. The Balaban J connectivity index is 2.51. The standard InChI is InChI=1S/C10H17NO4/c1-10(2,3)15-9(14)11-5-4-7(12)8(13)6-11/h8,13H,4-6H2,1-3H3/t8-/m0/s1. The normalized spacial score (nSPS) is 22.8. The lowest BCUT2D eigenvalue weighted by Crippen LogP contribution is -2.48. The van der Waals surface area contributed by atoms with Gasteiger partial charge in [0.25, 0.3) is 0 Å². The van der Waals surface area contributed by atoms with E-state index in [4.69, 9.17) is 4.74 Å². The Morgan fingerprint density at radius 3 is 2.60 bits per heavy atom. The van der Waals surface area contributed by atoms with Crippen LogP contribution in [0.15, 0.2) is 0 Å². The van der Waals surface area contributed by atoms with E-state index in [2.05, 4.69) is 0 Å². The third-order valence-electron chi connectivity index (χ3n) is 2.04. The fourth-order valence-electron chi connectivity index (χ4n) is 1.31. The van der Waals surface area contributed by atoms with E-state index in [1.165, 1.54) is 4.90 Å². The number of hydrogen-bond donors (Lipinski definition) is 1. The van der Waals surface area contributed by atoms with Crippen molar-refractivity contribution in [2.45, 2.75) is 38.9 Å². The zero-order valence-corrected chi connectivity index (χ0v) is 9.32. The van der Waals surface area contributed by atoms with Crippen LogP contribution < -0.4 is 0 Å². The van der Waals surface area contributed by atoms with Crippen LogP contribution in [0.5, 0.6) is 0 Å².